The van der Waals surface area contributed by atoms with Crippen LogP contribution >= 0.6 is 11.8 Å². The van der Waals surface area contributed by atoms with Crippen LogP contribution in [-0.4, -0.2) is 31.6 Å². The molecule has 0 spiro atoms. The molecular formula is C23H22FN5O3S. The lowest BCUT2D eigenvalue weighted by molar-refractivity contribution is 0.434. The Morgan fingerprint density at radius 2 is 2.03 bits per heavy atom. The average Bonchev–Trinajstić information content (AvgIpc) is 3.38. The molecule has 170 valence electrons. The van der Waals surface area contributed by atoms with Crippen molar-refractivity contribution in [3.8, 4) is 5.69 Å². The van der Waals surface area contributed by atoms with E-state index < -0.39 is 5.76 Å². The smallest absolute Gasteiger partial charge is 0.392 e. The summed E-state index contributed by atoms with van der Waals surface area (Å²) in [5, 5.41) is 7.62. The highest BCUT2D eigenvalue weighted by Crippen LogP contribution is 2.32. The fourth-order valence-corrected chi connectivity index (χ4v) is 4.83. The second-order valence-electron chi connectivity index (χ2n) is 7.75. The maximum atomic E-state index is 14.5. The van der Waals surface area contributed by atoms with E-state index in [0.717, 1.165) is 10.6 Å². The lowest BCUT2D eigenvalue weighted by Crippen LogP contribution is -2.26. The Morgan fingerprint density at radius 3 is 2.82 bits per heavy atom. The summed E-state index contributed by atoms with van der Waals surface area (Å²) in [4.78, 5) is 29.6. The molecule has 0 radical (unpaired) electrons. The van der Waals surface area contributed by atoms with Crippen LogP contribution in [0.15, 0.2) is 61.5 Å². The van der Waals surface area contributed by atoms with E-state index in [-0.39, 0.29) is 17.4 Å². The number of thioether (sulfide) groups is 1. The van der Waals surface area contributed by atoms with Crippen LogP contribution in [0.1, 0.15) is 30.8 Å². The summed E-state index contributed by atoms with van der Waals surface area (Å²) in [6, 6.07) is 10.2. The number of hydrogen-bond donors (Lipinski definition) is 1. The van der Waals surface area contributed by atoms with Crippen LogP contribution in [-0.2, 0) is 13.0 Å². The highest BCUT2D eigenvalue weighted by atomic mass is 32.2. The van der Waals surface area contributed by atoms with Crippen LogP contribution < -0.4 is 16.6 Å². The standard InChI is InChI=1S/C23H22FN5O3S/c1-2-33-15-7-5-14(6-8-15)29-23(31)32-19(27-29)4-3-11-25-18-13-28-20(30)12-26-17-10-9-16(24)21(18)22(17)28/h5-10,12,18,25H,2-4,11,13H2,1H3/t18-/m1/s1. The van der Waals surface area contributed by atoms with Gasteiger partial charge in [-0.05, 0) is 55.1 Å². The minimum Gasteiger partial charge on any atom is -0.392 e. The zero-order chi connectivity index (χ0) is 22.9. The van der Waals surface area contributed by atoms with Crippen LogP contribution in [0.2, 0.25) is 0 Å². The normalized spacial score (nSPS) is 14.9. The molecule has 2 aromatic heterocycles. The Kier molecular flexibility index (Phi) is 5.86. The number of rotatable bonds is 8. The van der Waals surface area contributed by atoms with Crippen molar-refractivity contribution in [2.75, 3.05) is 12.3 Å². The average molecular weight is 468 g/mol. The highest BCUT2D eigenvalue weighted by Gasteiger charge is 2.28. The Morgan fingerprint density at radius 1 is 1.21 bits per heavy atom. The summed E-state index contributed by atoms with van der Waals surface area (Å²) >= 11 is 1.72. The van der Waals surface area contributed by atoms with Crippen molar-refractivity contribution in [3.05, 3.63) is 80.8 Å². The Balaban J connectivity index is 1.23. The van der Waals surface area contributed by atoms with Crippen LogP contribution in [0.5, 0.6) is 0 Å². The molecule has 10 heteroatoms. The molecular weight excluding hydrogens is 445 g/mol. The Bertz CT molecular complexity index is 1430. The quantitative estimate of drug-likeness (QED) is 0.314. The number of hydrogen-bond acceptors (Lipinski definition) is 7. The van der Waals surface area contributed by atoms with Crippen molar-refractivity contribution in [1.29, 1.82) is 0 Å². The summed E-state index contributed by atoms with van der Waals surface area (Å²) < 4.78 is 22.7. The van der Waals surface area contributed by atoms with Crippen molar-refractivity contribution >= 4 is 22.8 Å². The number of aryl methyl sites for hydroxylation is 1. The van der Waals surface area contributed by atoms with Crippen molar-refractivity contribution in [3.63, 3.8) is 0 Å². The summed E-state index contributed by atoms with van der Waals surface area (Å²) in [5.41, 5.74) is 2.03. The first-order chi connectivity index (χ1) is 16.0. The summed E-state index contributed by atoms with van der Waals surface area (Å²) in [6.07, 6.45) is 2.34. The first-order valence-corrected chi connectivity index (χ1v) is 11.8. The van der Waals surface area contributed by atoms with Crippen molar-refractivity contribution in [1.82, 2.24) is 24.6 Å². The Labute approximate surface area is 192 Å². The predicted octanol–water partition coefficient (Wildman–Crippen LogP) is 3.06. The fraction of sp³-hybridized carbons (Fsp3) is 0.304. The first-order valence-electron chi connectivity index (χ1n) is 10.8. The van der Waals surface area contributed by atoms with E-state index in [4.69, 9.17) is 4.42 Å². The predicted molar refractivity (Wildman–Crippen MR) is 124 cm³/mol. The molecule has 1 aliphatic rings. The van der Waals surface area contributed by atoms with E-state index in [1.807, 2.05) is 24.3 Å². The highest BCUT2D eigenvalue weighted by molar-refractivity contribution is 7.99. The molecule has 0 bridgehead atoms. The van der Waals surface area contributed by atoms with Gasteiger partial charge in [0.2, 0.25) is 5.89 Å². The molecule has 0 saturated carbocycles. The second kappa shape index (κ2) is 8.95. The summed E-state index contributed by atoms with van der Waals surface area (Å²) in [6.45, 7) is 2.97. The SMILES string of the molecule is CCSc1ccc(-n2nc(CCCN[C@@H]3Cn4c(=O)cnc5ccc(F)c3c54)oc2=O)cc1. The minimum absolute atomic E-state index is 0.243. The number of aromatic nitrogens is 4. The van der Waals surface area contributed by atoms with Crippen LogP contribution in [0.25, 0.3) is 16.7 Å². The number of nitrogens with zero attached hydrogens (tertiary/aromatic N) is 4. The van der Waals surface area contributed by atoms with Gasteiger partial charge in [0.05, 0.1) is 29.0 Å². The van der Waals surface area contributed by atoms with Gasteiger partial charge in [0.25, 0.3) is 5.56 Å². The molecule has 0 saturated heterocycles. The lowest BCUT2D eigenvalue weighted by atomic mass is 10.1. The third-order valence-corrected chi connectivity index (χ3v) is 6.54. The molecule has 4 aromatic rings. The van der Waals surface area contributed by atoms with Gasteiger partial charge in [-0.15, -0.1) is 16.9 Å². The molecule has 2 aromatic carbocycles. The van der Waals surface area contributed by atoms with Gasteiger partial charge in [0.15, 0.2) is 0 Å². The molecule has 1 atom stereocenters. The molecule has 1 aliphatic heterocycles. The molecule has 0 aliphatic carbocycles. The van der Waals surface area contributed by atoms with Crippen LogP contribution in [0.4, 0.5) is 4.39 Å². The van der Waals surface area contributed by atoms with Gasteiger partial charge in [0, 0.05) is 23.4 Å². The zero-order valence-electron chi connectivity index (χ0n) is 18.0. The molecule has 1 N–H and O–H groups in total. The van der Waals surface area contributed by atoms with Crippen LogP contribution in [0.3, 0.4) is 0 Å². The van der Waals surface area contributed by atoms with E-state index in [9.17, 15) is 14.0 Å². The van der Waals surface area contributed by atoms with Gasteiger partial charge >= 0.3 is 5.76 Å². The molecule has 0 fully saturated rings. The maximum absolute atomic E-state index is 14.5. The molecule has 0 unspecified atom stereocenters. The summed E-state index contributed by atoms with van der Waals surface area (Å²) in [7, 11) is 0. The molecule has 5 rings (SSSR count). The maximum Gasteiger partial charge on any atom is 0.441 e. The van der Waals surface area contributed by atoms with E-state index in [1.54, 1.807) is 22.4 Å². The van der Waals surface area contributed by atoms with Gasteiger partial charge in [-0.1, -0.05) is 6.92 Å². The van der Waals surface area contributed by atoms with Gasteiger partial charge in [0.1, 0.15) is 5.82 Å². The van der Waals surface area contributed by atoms with E-state index in [0.29, 0.717) is 54.1 Å². The third kappa shape index (κ3) is 4.11. The van der Waals surface area contributed by atoms with Gasteiger partial charge < -0.3 is 14.3 Å². The zero-order valence-corrected chi connectivity index (χ0v) is 18.8. The first kappa shape index (κ1) is 21.6. The van der Waals surface area contributed by atoms with Crippen molar-refractivity contribution in [2.24, 2.45) is 0 Å². The minimum atomic E-state index is -0.527. The lowest BCUT2D eigenvalue weighted by Gasteiger charge is -2.13. The topological polar surface area (TPSA) is 95.0 Å². The van der Waals surface area contributed by atoms with Crippen molar-refractivity contribution < 1.29 is 8.81 Å². The molecule has 8 nitrogen and oxygen atoms in total. The number of benzene rings is 2. The van der Waals surface area contributed by atoms with Gasteiger partial charge in [-0.25, -0.2) is 14.2 Å². The number of nitrogens with one attached hydrogen (secondary N) is 1. The molecule has 0 amide bonds. The fourth-order valence-electron chi connectivity index (χ4n) is 4.16. The Hall–Kier alpha value is -3.24. The third-order valence-electron chi connectivity index (χ3n) is 5.65. The molecule has 33 heavy (non-hydrogen) atoms. The van der Waals surface area contributed by atoms with Crippen LogP contribution in [0, 0.1) is 5.82 Å². The summed E-state index contributed by atoms with van der Waals surface area (Å²) in [5.74, 6) is 0.439. The second-order valence-corrected chi connectivity index (χ2v) is 9.08. The monoisotopic (exact) mass is 467 g/mol. The largest absolute Gasteiger partial charge is 0.441 e. The van der Waals surface area contributed by atoms with E-state index in [2.05, 4.69) is 22.3 Å². The van der Waals surface area contributed by atoms with E-state index >= 15 is 0 Å². The molecule has 3 heterocycles. The van der Waals surface area contributed by atoms with Crippen molar-refractivity contribution in [2.45, 2.75) is 37.2 Å². The van der Waals surface area contributed by atoms with Gasteiger partial charge in [-0.2, -0.15) is 4.68 Å². The van der Waals surface area contributed by atoms with E-state index in [1.165, 1.54) is 16.9 Å². The number of halogens is 1. The van der Waals surface area contributed by atoms with Gasteiger partial charge in [-0.3, -0.25) is 4.79 Å².